The normalized spacial score (nSPS) is 20.6. The molecule has 1 saturated heterocycles. The van der Waals surface area contributed by atoms with E-state index in [1.54, 1.807) is 0 Å². The average Bonchev–Trinajstić information content (AvgIpc) is 2.77. The van der Waals surface area contributed by atoms with E-state index in [9.17, 15) is 4.79 Å². The molecular weight excluding hydrogens is 308 g/mol. The highest BCUT2D eigenvalue weighted by molar-refractivity contribution is 8.18. The van der Waals surface area contributed by atoms with Gasteiger partial charge in [-0.2, -0.15) is 4.99 Å². The van der Waals surface area contributed by atoms with Gasteiger partial charge in [0, 0.05) is 18.7 Å². The molecule has 0 spiro atoms. The Hall–Kier alpha value is -1.75. The SMILES string of the molecule is CCOc1ccccc1/C=C1\SC(N2CCCCCC2)=NC1=O. The van der Waals surface area contributed by atoms with Crippen molar-refractivity contribution in [1.29, 1.82) is 0 Å². The van der Waals surface area contributed by atoms with Gasteiger partial charge < -0.3 is 9.64 Å². The Morgan fingerprint density at radius 3 is 2.70 bits per heavy atom. The highest BCUT2D eigenvalue weighted by atomic mass is 32.2. The number of hydrogen-bond donors (Lipinski definition) is 0. The van der Waals surface area contributed by atoms with Crippen LogP contribution in [-0.2, 0) is 4.79 Å². The fourth-order valence-electron chi connectivity index (χ4n) is 2.82. The summed E-state index contributed by atoms with van der Waals surface area (Å²) in [5.41, 5.74) is 0.928. The molecule has 1 aromatic carbocycles. The first kappa shape index (κ1) is 16.1. The Morgan fingerprint density at radius 1 is 1.22 bits per heavy atom. The number of nitrogens with zero attached hydrogens (tertiary/aromatic N) is 2. The van der Waals surface area contributed by atoms with Crippen molar-refractivity contribution in [1.82, 2.24) is 4.90 Å². The van der Waals surface area contributed by atoms with Crippen LogP contribution in [0.3, 0.4) is 0 Å². The lowest BCUT2D eigenvalue weighted by Gasteiger charge is -2.20. The van der Waals surface area contributed by atoms with Gasteiger partial charge in [-0.3, -0.25) is 4.79 Å². The van der Waals surface area contributed by atoms with Gasteiger partial charge >= 0.3 is 0 Å². The molecule has 2 aliphatic rings. The van der Waals surface area contributed by atoms with Gasteiger partial charge in [0.05, 0.1) is 11.5 Å². The van der Waals surface area contributed by atoms with Gasteiger partial charge in [-0.1, -0.05) is 31.0 Å². The molecule has 4 nitrogen and oxygen atoms in total. The highest BCUT2D eigenvalue weighted by Crippen LogP contribution is 2.33. The van der Waals surface area contributed by atoms with Crippen molar-refractivity contribution in [2.24, 2.45) is 4.99 Å². The Balaban J connectivity index is 1.77. The largest absolute Gasteiger partial charge is 0.493 e. The van der Waals surface area contributed by atoms with Crippen molar-refractivity contribution in [3.63, 3.8) is 0 Å². The second-order valence-electron chi connectivity index (χ2n) is 5.68. The van der Waals surface area contributed by atoms with Crippen molar-refractivity contribution in [3.05, 3.63) is 34.7 Å². The summed E-state index contributed by atoms with van der Waals surface area (Å²) in [6.07, 6.45) is 6.80. The summed E-state index contributed by atoms with van der Waals surface area (Å²) < 4.78 is 5.63. The van der Waals surface area contributed by atoms with Gasteiger partial charge in [0.1, 0.15) is 5.75 Å². The van der Waals surface area contributed by atoms with Crippen LogP contribution in [0.4, 0.5) is 0 Å². The molecule has 0 bridgehead atoms. The van der Waals surface area contributed by atoms with E-state index in [1.807, 2.05) is 37.3 Å². The predicted octanol–water partition coefficient (Wildman–Crippen LogP) is 3.93. The minimum Gasteiger partial charge on any atom is -0.493 e. The molecule has 5 heteroatoms. The molecule has 1 fully saturated rings. The lowest BCUT2D eigenvalue weighted by molar-refractivity contribution is -0.113. The molecule has 0 radical (unpaired) electrons. The predicted molar refractivity (Wildman–Crippen MR) is 95.7 cm³/mol. The molecule has 1 amide bonds. The van der Waals surface area contributed by atoms with E-state index in [0.29, 0.717) is 11.5 Å². The first-order valence-electron chi connectivity index (χ1n) is 8.27. The van der Waals surface area contributed by atoms with Crippen LogP contribution >= 0.6 is 11.8 Å². The zero-order chi connectivity index (χ0) is 16.1. The number of carbonyl (C=O) groups excluding carboxylic acids is 1. The molecule has 2 heterocycles. The van der Waals surface area contributed by atoms with E-state index in [1.165, 1.54) is 37.4 Å². The standard InChI is InChI=1S/C18H22N2O2S/c1-2-22-15-10-6-5-9-14(15)13-16-17(21)19-18(23-16)20-11-7-3-4-8-12-20/h5-6,9-10,13H,2-4,7-8,11-12H2,1H3/b16-13-. The second kappa shape index (κ2) is 7.68. The zero-order valence-electron chi connectivity index (χ0n) is 13.5. The number of amides is 1. The maximum absolute atomic E-state index is 12.2. The number of benzene rings is 1. The van der Waals surface area contributed by atoms with Crippen molar-refractivity contribution in [3.8, 4) is 5.75 Å². The van der Waals surface area contributed by atoms with E-state index in [4.69, 9.17) is 4.74 Å². The van der Waals surface area contributed by atoms with Gasteiger partial charge in [0.2, 0.25) is 0 Å². The number of aliphatic imine (C=N–C) groups is 1. The lowest BCUT2D eigenvalue weighted by Crippen LogP contribution is -2.28. The number of thioether (sulfide) groups is 1. The Labute approximate surface area is 141 Å². The molecule has 122 valence electrons. The van der Waals surface area contributed by atoms with E-state index in [2.05, 4.69) is 9.89 Å². The van der Waals surface area contributed by atoms with E-state index in [0.717, 1.165) is 29.6 Å². The van der Waals surface area contributed by atoms with Crippen LogP contribution in [0.1, 0.15) is 38.2 Å². The van der Waals surface area contributed by atoms with Crippen molar-refractivity contribution < 1.29 is 9.53 Å². The highest BCUT2D eigenvalue weighted by Gasteiger charge is 2.26. The fourth-order valence-corrected chi connectivity index (χ4v) is 3.78. The monoisotopic (exact) mass is 330 g/mol. The summed E-state index contributed by atoms with van der Waals surface area (Å²) in [7, 11) is 0. The first-order valence-corrected chi connectivity index (χ1v) is 9.09. The van der Waals surface area contributed by atoms with E-state index in [-0.39, 0.29) is 5.91 Å². The average molecular weight is 330 g/mol. The minimum atomic E-state index is -0.138. The third kappa shape index (κ3) is 3.96. The molecular formula is C18H22N2O2S. The molecule has 0 N–H and O–H groups in total. The maximum atomic E-state index is 12.2. The second-order valence-corrected chi connectivity index (χ2v) is 6.69. The number of rotatable bonds is 3. The smallest absolute Gasteiger partial charge is 0.286 e. The molecule has 2 aliphatic heterocycles. The molecule has 0 atom stereocenters. The van der Waals surface area contributed by atoms with Crippen molar-refractivity contribution >= 4 is 28.9 Å². The number of ether oxygens (including phenoxy) is 1. The molecule has 1 aromatic rings. The molecule has 0 unspecified atom stereocenters. The maximum Gasteiger partial charge on any atom is 0.286 e. The van der Waals surface area contributed by atoms with Crippen molar-refractivity contribution in [2.75, 3.05) is 19.7 Å². The summed E-state index contributed by atoms with van der Waals surface area (Å²) in [6.45, 7) is 4.57. The summed E-state index contributed by atoms with van der Waals surface area (Å²) >= 11 is 1.49. The summed E-state index contributed by atoms with van der Waals surface area (Å²) in [4.78, 5) is 19.4. The lowest BCUT2D eigenvalue weighted by atomic mass is 10.2. The Morgan fingerprint density at radius 2 is 1.96 bits per heavy atom. The van der Waals surface area contributed by atoms with Crippen LogP contribution in [-0.4, -0.2) is 35.7 Å². The topological polar surface area (TPSA) is 41.9 Å². The summed E-state index contributed by atoms with van der Waals surface area (Å²) in [6, 6.07) is 7.79. The van der Waals surface area contributed by atoms with Gasteiger partial charge in [-0.05, 0) is 43.7 Å². The molecule has 3 rings (SSSR count). The number of likely N-dealkylation sites (tertiary alicyclic amines) is 1. The van der Waals surface area contributed by atoms with Gasteiger partial charge in [-0.15, -0.1) is 0 Å². The number of para-hydroxylation sites is 1. The summed E-state index contributed by atoms with van der Waals surface area (Å²) in [5, 5.41) is 0.858. The Bertz CT molecular complexity index is 632. The summed E-state index contributed by atoms with van der Waals surface area (Å²) in [5.74, 6) is 0.666. The van der Waals surface area contributed by atoms with Crippen LogP contribution in [0.25, 0.3) is 6.08 Å². The molecule has 0 aromatic heterocycles. The van der Waals surface area contributed by atoms with Gasteiger partial charge in [0.15, 0.2) is 5.17 Å². The van der Waals surface area contributed by atoms with Crippen LogP contribution < -0.4 is 4.74 Å². The Kier molecular flexibility index (Phi) is 5.39. The third-order valence-electron chi connectivity index (χ3n) is 3.99. The number of amidine groups is 1. The van der Waals surface area contributed by atoms with Crippen LogP contribution in [0.15, 0.2) is 34.2 Å². The van der Waals surface area contributed by atoms with E-state index < -0.39 is 0 Å². The fraction of sp³-hybridized carbons (Fsp3) is 0.444. The van der Waals surface area contributed by atoms with E-state index >= 15 is 0 Å². The molecule has 0 aliphatic carbocycles. The number of hydrogen-bond acceptors (Lipinski definition) is 4. The minimum absolute atomic E-state index is 0.138. The third-order valence-corrected chi connectivity index (χ3v) is 5.04. The molecule has 0 saturated carbocycles. The molecule has 23 heavy (non-hydrogen) atoms. The van der Waals surface area contributed by atoms with Gasteiger partial charge in [-0.25, -0.2) is 0 Å². The first-order chi connectivity index (χ1) is 11.3. The number of carbonyl (C=O) groups is 1. The van der Waals surface area contributed by atoms with Crippen molar-refractivity contribution in [2.45, 2.75) is 32.6 Å². The zero-order valence-corrected chi connectivity index (χ0v) is 14.3. The quantitative estimate of drug-likeness (QED) is 0.788. The van der Waals surface area contributed by atoms with Crippen LogP contribution in [0, 0.1) is 0 Å². The van der Waals surface area contributed by atoms with Crippen LogP contribution in [0.5, 0.6) is 5.75 Å². The van der Waals surface area contributed by atoms with Gasteiger partial charge in [0.25, 0.3) is 5.91 Å². The van der Waals surface area contributed by atoms with Crippen LogP contribution in [0.2, 0.25) is 0 Å².